The predicted molar refractivity (Wildman–Crippen MR) is 96.3 cm³/mol. The number of phenolic OH excluding ortho intramolecular Hbond substituents is 3. The Bertz CT molecular complexity index is 1100. The molecule has 9 heteroatoms. The molecule has 0 heterocycles. The van der Waals surface area contributed by atoms with Gasteiger partial charge in [-0.25, -0.2) is 0 Å². The number of carboxylic acids is 1. The molecule has 5 N–H and O–H groups in total. The van der Waals surface area contributed by atoms with Crippen LogP contribution in [0.2, 0.25) is 0 Å². The van der Waals surface area contributed by atoms with Gasteiger partial charge in [-0.1, -0.05) is 0 Å². The molecule has 1 atom stereocenters. The van der Waals surface area contributed by atoms with Gasteiger partial charge in [0.25, 0.3) is 0 Å². The number of aromatic hydroxyl groups is 3. The summed E-state index contributed by atoms with van der Waals surface area (Å²) in [7, 11) is 0. The Morgan fingerprint density at radius 1 is 0.966 bits per heavy atom. The van der Waals surface area contributed by atoms with Crippen molar-refractivity contribution in [3.05, 3.63) is 51.6 Å². The van der Waals surface area contributed by atoms with Crippen molar-refractivity contribution < 1.29 is 44.7 Å². The van der Waals surface area contributed by atoms with Crippen LogP contribution in [0.3, 0.4) is 0 Å². The number of carbonyl (C=O) groups excluding carboxylic acids is 3. The van der Waals surface area contributed by atoms with Crippen molar-refractivity contribution in [2.24, 2.45) is 0 Å². The van der Waals surface area contributed by atoms with E-state index in [9.17, 15) is 39.6 Å². The summed E-state index contributed by atoms with van der Waals surface area (Å²) in [5, 5.41) is 49.9. The predicted octanol–water partition coefficient (Wildman–Crippen LogP) is 1.22. The van der Waals surface area contributed by atoms with Gasteiger partial charge < -0.3 is 25.5 Å². The van der Waals surface area contributed by atoms with Gasteiger partial charge in [0, 0.05) is 29.2 Å². The molecule has 0 spiro atoms. The third-order valence-corrected chi connectivity index (χ3v) is 4.63. The van der Waals surface area contributed by atoms with Crippen molar-refractivity contribution in [3.63, 3.8) is 0 Å². The third kappa shape index (κ3) is 3.32. The fourth-order valence-corrected chi connectivity index (χ4v) is 3.50. The lowest BCUT2D eigenvalue weighted by molar-refractivity contribution is -0.136. The third-order valence-electron chi connectivity index (χ3n) is 4.63. The molecule has 1 aliphatic carbocycles. The van der Waals surface area contributed by atoms with E-state index in [4.69, 9.17) is 5.11 Å². The number of aliphatic hydroxyl groups excluding tert-OH is 1. The minimum absolute atomic E-state index is 0.142. The van der Waals surface area contributed by atoms with Gasteiger partial charge in [0.1, 0.15) is 23.0 Å². The SMILES string of the molecule is CC(=O)CC(O)c1c(CC(=O)O)cc2c(c1O)C(=O)c1c(O)cc(O)cc1C2=O. The molecule has 0 amide bonds. The standard InChI is InChI=1S/C20H16O9/c1-7(21)2-12(23)15-8(4-14(25)26)3-10-17(19(15)28)20(29)16-11(18(10)27)5-9(22)6-13(16)24/h3,5-6,12,22-24,28H,2,4H2,1H3,(H,25,26). The minimum atomic E-state index is -1.61. The summed E-state index contributed by atoms with van der Waals surface area (Å²) in [5.41, 5.74) is -2.08. The molecular formula is C20H16O9. The lowest BCUT2D eigenvalue weighted by Crippen LogP contribution is -2.23. The molecule has 0 aliphatic heterocycles. The first-order valence-electron chi connectivity index (χ1n) is 8.46. The van der Waals surface area contributed by atoms with E-state index in [1.807, 2.05) is 0 Å². The van der Waals surface area contributed by atoms with Crippen molar-refractivity contribution in [3.8, 4) is 17.2 Å². The zero-order valence-corrected chi connectivity index (χ0v) is 15.1. The Kier molecular flexibility index (Phi) is 4.85. The fraction of sp³-hybridized carbons (Fsp3) is 0.200. The summed E-state index contributed by atoms with van der Waals surface area (Å²) in [5.74, 6) is -5.51. The number of rotatable bonds is 5. The lowest BCUT2D eigenvalue weighted by Gasteiger charge is -2.24. The van der Waals surface area contributed by atoms with Crippen LogP contribution in [0.1, 0.15) is 62.4 Å². The largest absolute Gasteiger partial charge is 0.508 e. The van der Waals surface area contributed by atoms with Crippen molar-refractivity contribution in [2.45, 2.75) is 25.9 Å². The van der Waals surface area contributed by atoms with Gasteiger partial charge >= 0.3 is 5.97 Å². The molecule has 0 fully saturated rings. The Hall–Kier alpha value is -3.72. The number of carboxylic acid groups (broad SMARTS) is 1. The van der Waals surface area contributed by atoms with Crippen LogP contribution in [0.25, 0.3) is 0 Å². The van der Waals surface area contributed by atoms with Gasteiger partial charge in [-0.15, -0.1) is 0 Å². The van der Waals surface area contributed by atoms with E-state index in [-0.39, 0.29) is 22.3 Å². The number of Topliss-reactive ketones (excluding diaryl/α,β-unsaturated/α-hetero) is 1. The number of hydrogen-bond acceptors (Lipinski definition) is 8. The first kappa shape index (κ1) is 20.0. The zero-order chi connectivity index (χ0) is 21.6. The van der Waals surface area contributed by atoms with E-state index < -0.39 is 70.6 Å². The molecule has 0 saturated carbocycles. The summed E-state index contributed by atoms with van der Waals surface area (Å²) >= 11 is 0. The van der Waals surface area contributed by atoms with Crippen LogP contribution in [-0.4, -0.2) is 48.9 Å². The second kappa shape index (κ2) is 7.02. The van der Waals surface area contributed by atoms with Crippen molar-refractivity contribution in [2.75, 3.05) is 0 Å². The summed E-state index contributed by atoms with van der Waals surface area (Å²) in [4.78, 5) is 48.4. The van der Waals surface area contributed by atoms with Crippen LogP contribution < -0.4 is 0 Å². The minimum Gasteiger partial charge on any atom is -0.508 e. The van der Waals surface area contributed by atoms with Crippen molar-refractivity contribution in [1.29, 1.82) is 0 Å². The normalized spacial score (nSPS) is 13.6. The molecule has 1 unspecified atom stereocenters. The van der Waals surface area contributed by atoms with Gasteiger partial charge in [-0.3, -0.25) is 19.2 Å². The Morgan fingerprint density at radius 2 is 1.59 bits per heavy atom. The van der Waals surface area contributed by atoms with Crippen LogP contribution in [0.5, 0.6) is 17.2 Å². The maximum Gasteiger partial charge on any atom is 0.307 e. The number of aliphatic carboxylic acids is 1. The van der Waals surface area contributed by atoms with Crippen LogP contribution in [0, 0.1) is 0 Å². The average Bonchev–Trinajstić information content (AvgIpc) is 2.57. The van der Waals surface area contributed by atoms with Gasteiger partial charge in [-0.05, 0) is 24.6 Å². The summed E-state index contributed by atoms with van der Waals surface area (Å²) < 4.78 is 0. The van der Waals surface area contributed by atoms with E-state index in [2.05, 4.69) is 0 Å². The van der Waals surface area contributed by atoms with E-state index in [0.29, 0.717) is 0 Å². The molecule has 0 saturated heterocycles. The molecule has 1 aliphatic rings. The molecule has 150 valence electrons. The van der Waals surface area contributed by atoms with E-state index in [1.54, 1.807) is 0 Å². The number of hydrogen-bond donors (Lipinski definition) is 5. The molecule has 0 radical (unpaired) electrons. The highest BCUT2D eigenvalue weighted by molar-refractivity contribution is 6.30. The summed E-state index contributed by atoms with van der Waals surface area (Å²) in [6, 6.07) is 2.90. The van der Waals surface area contributed by atoms with Crippen LogP contribution in [0.15, 0.2) is 18.2 Å². The first-order valence-corrected chi connectivity index (χ1v) is 8.46. The first-order chi connectivity index (χ1) is 13.5. The maximum absolute atomic E-state index is 12.9. The van der Waals surface area contributed by atoms with Crippen LogP contribution in [-0.2, 0) is 16.0 Å². The summed E-state index contributed by atoms with van der Waals surface area (Å²) in [6.45, 7) is 1.19. The Labute approximate surface area is 163 Å². The van der Waals surface area contributed by atoms with Gasteiger partial charge in [0.2, 0.25) is 5.78 Å². The topological polar surface area (TPSA) is 169 Å². The van der Waals surface area contributed by atoms with Crippen molar-refractivity contribution >= 4 is 23.3 Å². The molecule has 0 aromatic heterocycles. The van der Waals surface area contributed by atoms with Crippen molar-refractivity contribution in [1.82, 2.24) is 0 Å². The molecule has 2 aromatic carbocycles. The second-order valence-electron chi connectivity index (χ2n) is 6.76. The van der Waals surface area contributed by atoms with Gasteiger partial charge in [-0.2, -0.15) is 0 Å². The maximum atomic E-state index is 12.9. The lowest BCUT2D eigenvalue weighted by atomic mass is 9.79. The van der Waals surface area contributed by atoms with Crippen LogP contribution >= 0.6 is 0 Å². The quantitative estimate of drug-likeness (QED) is 0.422. The summed E-state index contributed by atoms with van der Waals surface area (Å²) in [6.07, 6.45) is -2.74. The Balaban J connectivity index is 2.32. The smallest absolute Gasteiger partial charge is 0.307 e. The number of carbonyl (C=O) groups is 4. The van der Waals surface area contributed by atoms with Gasteiger partial charge in [0.15, 0.2) is 5.78 Å². The number of aliphatic hydroxyl groups is 1. The highest BCUT2D eigenvalue weighted by atomic mass is 16.4. The fourth-order valence-electron chi connectivity index (χ4n) is 3.50. The average molecular weight is 400 g/mol. The molecular weight excluding hydrogens is 384 g/mol. The highest BCUT2D eigenvalue weighted by Gasteiger charge is 2.38. The molecule has 2 aromatic rings. The van der Waals surface area contributed by atoms with E-state index in [0.717, 1.165) is 18.2 Å². The van der Waals surface area contributed by atoms with Crippen LogP contribution in [0.4, 0.5) is 0 Å². The second-order valence-corrected chi connectivity index (χ2v) is 6.76. The zero-order valence-electron chi connectivity index (χ0n) is 15.1. The molecule has 29 heavy (non-hydrogen) atoms. The number of benzene rings is 2. The number of fused-ring (bicyclic) bond motifs is 2. The van der Waals surface area contributed by atoms with E-state index >= 15 is 0 Å². The molecule has 9 nitrogen and oxygen atoms in total. The molecule has 0 bridgehead atoms. The van der Waals surface area contributed by atoms with E-state index in [1.165, 1.54) is 6.92 Å². The molecule has 3 rings (SSSR count). The van der Waals surface area contributed by atoms with Gasteiger partial charge in [0.05, 0.1) is 23.7 Å². The number of phenols is 3. The highest BCUT2D eigenvalue weighted by Crippen LogP contribution is 2.43. The monoisotopic (exact) mass is 400 g/mol. The number of ketones is 3. The Morgan fingerprint density at radius 3 is 2.17 bits per heavy atom.